The van der Waals surface area contributed by atoms with Crippen molar-refractivity contribution in [1.29, 1.82) is 0 Å². The summed E-state index contributed by atoms with van der Waals surface area (Å²) in [6, 6.07) is 0.794. The van der Waals surface area contributed by atoms with Crippen molar-refractivity contribution >= 4 is 5.97 Å². The summed E-state index contributed by atoms with van der Waals surface area (Å²) in [7, 11) is 4.54. The first-order valence-corrected chi connectivity index (χ1v) is 15.6. The molecule has 0 aromatic heterocycles. The molecule has 0 amide bonds. The summed E-state index contributed by atoms with van der Waals surface area (Å²) in [5, 5.41) is 8.62. The molecule has 0 saturated carbocycles. The summed E-state index contributed by atoms with van der Waals surface area (Å²) >= 11 is 0. The van der Waals surface area contributed by atoms with E-state index >= 15 is 0 Å². The Balaban J connectivity index is 3.39. The molecule has 3 nitrogen and oxygen atoms in total. The standard InChI is InChI=1S/C32H63NO2/c1-4-5-6-7-19-22-25-28-31(33(2)3)29-26-23-20-17-15-13-11-9-8-10-12-14-16-18-21-24-27-30-32(34)35/h10,12,31H,4-9,11,13-30H2,1-3H3,(H,34,35). The van der Waals surface area contributed by atoms with Crippen LogP contribution in [0.25, 0.3) is 0 Å². The minimum Gasteiger partial charge on any atom is -0.481 e. The number of carboxylic acid groups (broad SMARTS) is 1. The molecule has 35 heavy (non-hydrogen) atoms. The minimum absolute atomic E-state index is 0.330. The fourth-order valence-electron chi connectivity index (χ4n) is 5.01. The van der Waals surface area contributed by atoms with E-state index in [-0.39, 0.29) is 0 Å². The summed E-state index contributed by atoms with van der Waals surface area (Å²) in [4.78, 5) is 12.9. The second-order valence-corrected chi connectivity index (χ2v) is 11.1. The number of allylic oxidation sites excluding steroid dienone is 2. The smallest absolute Gasteiger partial charge is 0.303 e. The predicted molar refractivity (Wildman–Crippen MR) is 155 cm³/mol. The largest absolute Gasteiger partial charge is 0.481 e. The molecule has 3 heteroatoms. The van der Waals surface area contributed by atoms with Gasteiger partial charge in [-0.2, -0.15) is 0 Å². The summed E-state index contributed by atoms with van der Waals surface area (Å²) in [5.74, 6) is -0.661. The van der Waals surface area contributed by atoms with Crippen LogP contribution in [0.15, 0.2) is 12.2 Å². The van der Waals surface area contributed by atoms with Gasteiger partial charge in [0.15, 0.2) is 0 Å². The summed E-state index contributed by atoms with van der Waals surface area (Å²) < 4.78 is 0. The molecule has 0 bridgehead atoms. The van der Waals surface area contributed by atoms with Gasteiger partial charge in [-0.1, -0.05) is 128 Å². The lowest BCUT2D eigenvalue weighted by molar-refractivity contribution is -0.137. The number of nitrogens with zero attached hydrogens (tertiary/aromatic N) is 1. The van der Waals surface area contributed by atoms with E-state index < -0.39 is 5.97 Å². The third-order valence-corrected chi connectivity index (χ3v) is 7.46. The van der Waals surface area contributed by atoms with Gasteiger partial charge >= 0.3 is 5.97 Å². The Morgan fingerprint density at radius 3 is 1.37 bits per heavy atom. The van der Waals surface area contributed by atoms with Crippen molar-refractivity contribution in [2.45, 2.75) is 173 Å². The number of carbonyl (C=O) groups is 1. The summed E-state index contributed by atoms with van der Waals surface area (Å²) in [6.45, 7) is 2.30. The maximum atomic E-state index is 10.5. The number of hydrogen-bond donors (Lipinski definition) is 1. The van der Waals surface area contributed by atoms with Crippen LogP contribution in [0.4, 0.5) is 0 Å². The van der Waals surface area contributed by atoms with Crippen LogP contribution in [0.5, 0.6) is 0 Å². The molecule has 0 aliphatic heterocycles. The van der Waals surface area contributed by atoms with E-state index in [0.29, 0.717) is 6.42 Å². The van der Waals surface area contributed by atoms with Gasteiger partial charge in [-0.3, -0.25) is 4.79 Å². The lowest BCUT2D eigenvalue weighted by atomic mass is 9.99. The van der Waals surface area contributed by atoms with Gasteiger partial charge in [0.1, 0.15) is 0 Å². The van der Waals surface area contributed by atoms with E-state index in [1.165, 1.54) is 141 Å². The Labute approximate surface area is 220 Å². The number of unbranched alkanes of at least 4 members (excludes halogenated alkanes) is 19. The highest BCUT2D eigenvalue weighted by Gasteiger charge is 2.10. The van der Waals surface area contributed by atoms with Crippen LogP contribution in [0.1, 0.15) is 167 Å². The van der Waals surface area contributed by atoms with E-state index in [1.807, 2.05) is 0 Å². The molecule has 0 fully saturated rings. The van der Waals surface area contributed by atoms with E-state index in [2.05, 4.69) is 38.1 Å². The van der Waals surface area contributed by atoms with Crippen LogP contribution < -0.4 is 0 Å². The molecule has 0 heterocycles. The fourth-order valence-corrected chi connectivity index (χ4v) is 5.01. The third kappa shape index (κ3) is 27.6. The quantitative estimate of drug-likeness (QED) is 0.0870. The highest BCUT2D eigenvalue weighted by molar-refractivity contribution is 5.66. The van der Waals surface area contributed by atoms with Crippen LogP contribution >= 0.6 is 0 Å². The average molecular weight is 494 g/mol. The molecule has 1 atom stereocenters. The summed E-state index contributed by atoms with van der Waals surface area (Å²) in [6.07, 6.45) is 37.0. The second-order valence-electron chi connectivity index (χ2n) is 11.1. The molecule has 208 valence electrons. The van der Waals surface area contributed by atoms with E-state index in [9.17, 15) is 4.79 Å². The van der Waals surface area contributed by atoms with Gasteiger partial charge in [0.25, 0.3) is 0 Å². The second kappa shape index (κ2) is 27.8. The Morgan fingerprint density at radius 1 is 0.600 bits per heavy atom. The van der Waals surface area contributed by atoms with Crippen molar-refractivity contribution in [3.8, 4) is 0 Å². The molecule has 0 saturated heterocycles. The molecule has 0 aromatic rings. The zero-order valence-electron chi connectivity index (χ0n) is 24.2. The van der Waals surface area contributed by atoms with E-state index in [4.69, 9.17) is 5.11 Å². The number of carboxylic acids is 1. The lowest BCUT2D eigenvalue weighted by Gasteiger charge is -2.24. The SMILES string of the molecule is CCCCCCCCCC(CCCCCCCCCCC=CCCCCCCCC(=O)O)N(C)C. The first kappa shape index (κ1) is 34.2. The number of rotatable bonds is 28. The fraction of sp³-hybridized carbons (Fsp3) is 0.906. The van der Waals surface area contributed by atoms with Crippen molar-refractivity contribution in [2.24, 2.45) is 0 Å². The molecular weight excluding hydrogens is 430 g/mol. The topological polar surface area (TPSA) is 40.5 Å². The van der Waals surface area contributed by atoms with E-state index in [0.717, 1.165) is 18.9 Å². The first-order chi connectivity index (χ1) is 17.1. The van der Waals surface area contributed by atoms with E-state index in [1.54, 1.807) is 0 Å². The third-order valence-electron chi connectivity index (χ3n) is 7.46. The molecule has 0 aliphatic rings. The maximum Gasteiger partial charge on any atom is 0.303 e. The Hall–Kier alpha value is -0.830. The Kier molecular flexibility index (Phi) is 27.1. The number of hydrogen-bond acceptors (Lipinski definition) is 2. The van der Waals surface area contributed by atoms with Crippen molar-refractivity contribution in [2.75, 3.05) is 14.1 Å². The van der Waals surface area contributed by atoms with Crippen LogP contribution in [0.3, 0.4) is 0 Å². The van der Waals surface area contributed by atoms with Gasteiger partial charge in [-0.05, 0) is 59.0 Å². The first-order valence-electron chi connectivity index (χ1n) is 15.6. The zero-order chi connectivity index (χ0) is 25.8. The van der Waals surface area contributed by atoms with Crippen molar-refractivity contribution in [3.05, 3.63) is 12.2 Å². The zero-order valence-corrected chi connectivity index (χ0v) is 24.2. The lowest BCUT2D eigenvalue weighted by Crippen LogP contribution is -2.27. The monoisotopic (exact) mass is 493 g/mol. The average Bonchev–Trinajstić information content (AvgIpc) is 2.83. The van der Waals surface area contributed by atoms with Crippen LogP contribution in [0, 0.1) is 0 Å². The Morgan fingerprint density at radius 2 is 0.971 bits per heavy atom. The van der Waals surface area contributed by atoms with Gasteiger partial charge < -0.3 is 10.0 Å². The Bertz CT molecular complexity index is 460. The van der Waals surface area contributed by atoms with Gasteiger partial charge in [0.2, 0.25) is 0 Å². The molecule has 0 spiro atoms. The van der Waals surface area contributed by atoms with Crippen molar-refractivity contribution in [1.82, 2.24) is 4.90 Å². The van der Waals surface area contributed by atoms with Gasteiger partial charge in [-0.15, -0.1) is 0 Å². The molecular formula is C32H63NO2. The van der Waals surface area contributed by atoms with Gasteiger partial charge in [0, 0.05) is 12.5 Å². The van der Waals surface area contributed by atoms with Gasteiger partial charge in [-0.25, -0.2) is 0 Å². The minimum atomic E-state index is -0.661. The molecule has 1 N–H and O–H groups in total. The van der Waals surface area contributed by atoms with Crippen LogP contribution in [-0.4, -0.2) is 36.1 Å². The van der Waals surface area contributed by atoms with Crippen LogP contribution in [-0.2, 0) is 4.79 Å². The highest BCUT2D eigenvalue weighted by Crippen LogP contribution is 2.18. The molecule has 0 rings (SSSR count). The predicted octanol–water partition coefficient (Wildman–Crippen LogP) is 10.3. The van der Waals surface area contributed by atoms with Crippen molar-refractivity contribution < 1.29 is 9.90 Å². The van der Waals surface area contributed by atoms with Crippen molar-refractivity contribution in [3.63, 3.8) is 0 Å². The van der Waals surface area contributed by atoms with Crippen LogP contribution in [0.2, 0.25) is 0 Å². The molecule has 0 radical (unpaired) electrons. The summed E-state index contributed by atoms with van der Waals surface area (Å²) in [5.41, 5.74) is 0. The molecule has 0 aliphatic carbocycles. The molecule has 0 aromatic carbocycles. The highest BCUT2D eigenvalue weighted by atomic mass is 16.4. The van der Waals surface area contributed by atoms with Gasteiger partial charge in [0.05, 0.1) is 0 Å². The number of aliphatic carboxylic acids is 1. The maximum absolute atomic E-state index is 10.5. The normalized spacial score (nSPS) is 12.7. The molecule has 1 unspecified atom stereocenters.